The van der Waals surface area contributed by atoms with E-state index in [0.717, 1.165) is 34.8 Å². The van der Waals surface area contributed by atoms with E-state index in [-0.39, 0.29) is 5.56 Å². The van der Waals surface area contributed by atoms with Gasteiger partial charge in [-0.3, -0.25) is 10.1 Å². The number of pyridine rings is 1. The lowest BCUT2D eigenvalue weighted by Gasteiger charge is -2.12. The van der Waals surface area contributed by atoms with Crippen LogP contribution in [0.15, 0.2) is 61.4 Å². The zero-order chi connectivity index (χ0) is 21.3. The molecule has 5 nitrogen and oxygen atoms in total. The van der Waals surface area contributed by atoms with E-state index in [1.807, 2.05) is 26.4 Å². The number of anilines is 1. The van der Waals surface area contributed by atoms with Gasteiger partial charge in [0.1, 0.15) is 5.69 Å². The van der Waals surface area contributed by atoms with Gasteiger partial charge >= 0.3 is 0 Å². The molecule has 2 N–H and O–H groups in total. The third-order valence-corrected chi connectivity index (χ3v) is 4.70. The second-order valence-electron chi connectivity index (χ2n) is 7.36. The van der Waals surface area contributed by atoms with Crippen LogP contribution in [0.25, 0.3) is 27.7 Å². The molecule has 152 valence electrons. The predicted octanol–water partition coefficient (Wildman–Crippen LogP) is 5.05. The quantitative estimate of drug-likeness (QED) is 0.471. The molecule has 0 spiro atoms. The summed E-state index contributed by atoms with van der Waals surface area (Å²) in [5.74, 6) is -1.75. The fourth-order valence-electron chi connectivity index (χ4n) is 3.38. The molecular weight excluding hydrogens is 384 g/mol. The summed E-state index contributed by atoms with van der Waals surface area (Å²) in [5, 5.41) is 11.3. The Labute approximate surface area is 173 Å². The molecule has 0 aliphatic rings. The first-order valence-corrected chi connectivity index (χ1v) is 9.40. The minimum Gasteiger partial charge on any atom is -0.353 e. The summed E-state index contributed by atoms with van der Waals surface area (Å²) in [7, 11) is 3.99. The number of nitrogens with one attached hydrogen (secondary N) is 2. The molecule has 2 heterocycles. The van der Waals surface area contributed by atoms with Crippen molar-refractivity contribution in [3.05, 3.63) is 84.3 Å². The number of aromatic amines is 1. The standard InChI is InChI=1S/C23H21F2N5/c1-14(27-17-9-15(11-26-12-17)13-30(2)3)23-19-10-16(7-8-21(19)28-29-23)18-5-4-6-20(24)22(18)25/h4-12,27H,1,13H2,2-3H3,(H,28,29). The van der Waals surface area contributed by atoms with E-state index in [4.69, 9.17) is 0 Å². The van der Waals surface area contributed by atoms with Gasteiger partial charge in [-0.1, -0.05) is 24.8 Å². The molecule has 0 saturated carbocycles. The van der Waals surface area contributed by atoms with Crippen LogP contribution in [0.1, 0.15) is 11.3 Å². The largest absolute Gasteiger partial charge is 0.353 e. The lowest BCUT2D eigenvalue weighted by Crippen LogP contribution is -2.11. The van der Waals surface area contributed by atoms with E-state index in [2.05, 4.69) is 32.0 Å². The molecule has 0 bridgehead atoms. The van der Waals surface area contributed by atoms with E-state index in [1.54, 1.807) is 30.5 Å². The van der Waals surface area contributed by atoms with Gasteiger partial charge in [-0.15, -0.1) is 0 Å². The Balaban J connectivity index is 1.66. The molecule has 4 rings (SSSR count). The maximum absolute atomic E-state index is 14.2. The molecule has 4 aromatic rings. The Bertz CT molecular complexity index is 1230. The Hall–Kier alpha value is -3.58. The third kappa shape index (κ3) is 3.92. The molecule has 0 aliphatic carbocycles. The van der Waals surface area contributed by atoms with E-state index in [0.29, 0.717) is 17.0 Å². The number of H-pyrrole nitrogens is 1. The fraction of sp³-hybridized carbons (Fsp3) is 0.130. The smallest absolute Gasteiger partial charge is 0.166 e. The summed E-state index contributed by atoms with van der Waals surface area (Å²) >= 11 is 0. The molecule has 2 aromatic carbocycles. The van der Waals surface area contributed by atoms with Crippen molar-refractivity contribution in [2.75, 3.05) is 19.4 Å². The molecule has 30 heavy (non-hydrogen) atoms. The average Bonchev–Trinajstić information content (AvgIpc) is 3.13. The van der Waals surface area contributed by atoms with Gasteiger partial charge in [0, 0.05) is 23.7 Å². The Kier molecular flexibility index (Phi) is 5.29. The van der Waals surface area contributed by atoms with Gasteiger partial charge in [0.15, 0.2) is 11.6 Å². The predicted molar refractivity (Wildman–Crippen MR) is 116 cm³/mol. The van der Waals surface area contributed by atoms with Crippen molar-refractivity contribution in [3.63, 3.8) is 0 Å². The number of halogens is 2. The summed E-state index contributed by atoms with van der Waals surface area (Å²) in [6.07, 6.45) is 3.53. The zero-order valence-electron chi connectivity index (χ0n) is 16.7. The van der Waals surface area contributed by atoms with Crippen LogP contribution >= 0.6 is 0 Å². The van der Waals surface area contributed by atoms with Crippen LogP contribution in [-0.2, 0) is 6.54 Å². The van der Waals surface area contributed by atoms with E-state index in [1.165, 1.54) is 6.07 Å². The summed E-state index contributed by atoms with van der Waals surface area (Å²) < 4.78 is 27.9. The topological polar surface area (TPSA) is 56.8 Å². The van der Waals surface area contributed by atoms with Crippen LogP contribution in [0.2, 0.25) is 0 Å². The summed E-state index contributed by atoms with van der Waals surface area (Å²) in [4.78, 5) is 6.33. The maximum Gasteiger partial charge on any atom is 0.166 e. The summed E-state index contributed by atoms with van der Waals surface area (Å²) in [6.45, 7) is 4.87. The average molecular weight is 405 g/mol. The maximum atomic E-state index is 14.2. The van der Waals surface area contributed by atoms with Gasteiger partial charge in [-0.05, 0) is 49.5 Å². The van der Waals surface area contributed by atoms with Crippen LogP contribution < -0.4 is 5.32 Å². The zero-order valence-corrected chi connectivity index (χ0v) is 16.7. The first-order chi connectivity index (χ1) is 14.4. The van der Waals surface area contributed by atoms with Gasteiger partial charge in [0.2, 0.25) is 0 Å². The number of hydrogen-bond acceptors (Lipinski definition) is 4. The molecule has 0 fully saturated rings. The molecule has 7 heteroatoms. The Morgan fingerprint density at radius 2 is 1.97 bits per heavy atom. The van der Waals surface area contributed by atoms with Crippen LogP contribution in [0.5, 0.6) is 0 Å². The SMILES string of the molecule is C=C(Nc1cncc(CN(C)C)c1)c1n[nH]c2ccc(-c3cccc(F)c3F)cc12. The lowest BCUT2D eigenvalue weighted by molar-refractivity contribution is 0.402. The number of nitrogens with zero attached hydrogens (tertiary/aromatic N) is 3. The molecule has 0 atom stereocenters. The number of benzene rings is 2. The second-order valence-corrected chi connectivity index (χ2v) is 7.36. The number of fused-ring (bicyclic) bond motifs is 1. The van der Waals surface area contributed by atoms with E-state index in [9.17, 15) is 8.78 Å². The van der Waals surface area contributed by atoms with Crippen molar-refractivity contribution in [1.29, 1.82) is 0 Å². The highest BCUT2D eigenvalue weighted by atomic mass is 19.2. The minimum atomic E-state index is -0.879. The normalized spacial score (nSPS) is 11.2. The molecule has 2 aromatic heterocycles. The molecule has 0 amide bonds. The monoisotopic (exact) mass is 405 g/mol. The van der Waals surface area contributed by atoms with Crippen molar-refractivity contribution in [2.45, 2.75) is 6.54 Å². The Morgan fingerprint density at radius 3 is 2.77 bits per heavy atom. The summed E-state index contributed by atoms with van der Waals surface area (Å²) in [6, 6.07) is 11.4. The molecule has 0 unspecified atom stereocenters. The van der Waals surface area contributed by atoms with Gasteiger partial charge in [-0.25, -0.2) is 8.78 Å². The van der Waals surface area contributed by atoms with Gasteiger partial charge in [-0.2, -0.15) is 5.10 Å². The van der Waals surface area contributed by atoms with Crippen molar-refractivity contribution >= 4 is 22.3 Å². The first kappa shape index (κ1) is 19.7. The molecule has 0 saturated heterocycles. The van der Waals surface area contributed by atoms with Crippen LogP contribution in [0, 0.1) is 11.6 Å². The fourth-order valence-corrected chi connectivity index (χ4v) is 3.38. The second kappa shape index (κ2) is 8.04. The number of aromatic nitrogens is 3. The van der Waals surface area contributed by atoms with Crippen molar-refractivity contribution in [3.8, 4) is 11.1 Å². The van der Waals surface area contributed by atoms with Gasteiger partial charge < -0.3 is 10.2 Å². The number of rotatable bonds is 6. The van der Waals surface area contributed by atoms with Crippen LogP contribution in [-0.4, -0.2) is 34.2 Å². The van der Waals surface area contributed by atoms with E-state index < -0.39 is 11.6 Å². The lowest BCUT2D eigenvalue weighted by atomic mass is 10.0. The van der Waals surface area contributed by atoms with Crippen LogP contribution in [0.4, 0.5) is 14.5 Å². The summed E-state index contributed by atoms with van der Waals surface area (Å²) in [5.41, 5.74) is 4.56. The van der Waals surface area contributed by atoms with Crippen molar-refractivity contribution in [1.82, 2.24) is 20.1 Å². The minimum absolute atomic E-state index is 0.197. The first-order valence-electron chi connectivity index (χ1n) is 9.40. The molecule has 0 radical (unpaired) electrons. The van der Waals surface area contributed by atoms with Gasteiger partial charge in [0.25, 0.3) is 0 Å². The highest BCUT2D eigenvalue weighted by Crippen LogP contribution is 2.30. The van der Waals surface area contributed by atoms with Crippen molar-refractivity contribution < 1.29 is 8.78 Å². The van der Waals surface area contributed by atoms with Gasteiger partial charge in [0.05, 0.1) is 23.1 Å². The molecule has 0 aliphatic heterocycles. The third-order valence-electron chi connectivity index (χ3n) is 4.70. The highest BCUT2D eigenvalue weighted by Gasteiger charge is 2.14. The van der Waals surface area contributed by atoms with Crippen molar-refractivity contribution in [2.24, 2.45) is 0 Å². The van der Waals surface area contributed by atoms with Crippen LogP contribution in [0.3, 0.4) is 0 Å². The highest BCUT2D eigenvalue weighted by molar-refractivity contribution is 5.95. The molecular formula is C23H21F2N5. The number of hydrogen-bond donors (Lipinski definition) is 2. The Morgan fingerprint density at radius 1 is 1.13 bits per heavy atom. The van der Waals surface area contributed by atoms with E-state index >= 15 is 0 Å².